The van der Waals surface area contributed by atoms with Crippen LogP contribution >= 0.6 is 0 Å². The fourth-order valence-corrected chi connectivity index (χ4v) is 4.12. The van der Waals surface area contributed by atoms with E-state index < -0.39 is 11.4 Å². The Hall–Kier alpha value is -0.610. The number of carboxylic acid groups (broad SMARTS) is 1. The maximum absolute atomic E-state index is 12.0. The average Bonchev–Trinajstić information content (AvgIpc) is 2.79. The van der Waals surface area contributed by atoms with Gasteiger partial charge in [0.2, 0.25) is 0 Å². The van der Waals surface area contributed by atoms with Crippen molar-refractivity contribution < 1.29 is 9.90 Å². The Morgan fingerprint density at radius 3 is 2.38 bits per heavy atom. The molecule has 1 atom stereocenters. The summed E-state index contributed by atoms with van der Waals surface area (Å²) in [6.45, 7) is 6.25. The van der Waals surface area contributed by atoms with Crippen LogP contribution in [0.3, 0.4) is 0 Å². The van der Waals surface area contributed by atoms with E-state index in [4.69, 9.17) is 0 Å². The molecule has 1 aliphatic heterocycles. The van der Waals surface area contributed by atoms with Crippen molar-refractivity contribution in [2.24, 2.45) is 5.41 Å². The van der Waals surface area contributed by atoms with Crippen LogP contribution in [0, 0.1) is 5.41 Å². The number of likely N-dealkylation sites (N-methyl/N-ethyl adjacent to an activating group) is 1. The Balaban J connectivity index is 2.12. The van der Waals surface area contributed by atoms with Gasteiger partial charge in [-0.1, -0.05) is 32.6 Å². The molecule has 1 aliphatic carbocycles. The summed E-state index contributed by atoms with van der Waals surface area (Å²) in [6, 6.07) is 0.511. The van der Waals surface area contributed by atoms with E-state index in [0.29, 0.717) is 6.04 Å². The van der Waals surface area contributed by atoms with Crippen LogP contribution in [0.25, 0.3) is 0 Å². The van der Waals surface area contributed by atoms with E-state index in [0.717, 1.165) is 64.7 Å². The summed E-state index contributed by atoms with van der Waals surface area (Å²) in [5, 5.41) is 9.89. The number of rotatable bonds is 4. The van der Waals surface area contributed by atoms with Crippen LogP contribution in [-0.4, -0.2) is 60.1 Å². The first kappa shape index (κ1) is 16.8. The van der Waals surface area contributed by atoms with Gasteiger partial charge >= 0.3 is 5.97 Å². The molecule has 21 heavy (non-hydrogen) atoms. The number of hydrogen-bond donors (Lipinski definition) is 1. The molecule has 0 spiro atoms. The van der Waals surface area contributed by atoms with Crippen LogP contribution in [-0.2, 0) is 4.79 Å². The van der Waals surface area contributed by atoms with E-state index in [-0.39, 0.29) is 0 Å². The first-order valence-corrected chi connectivity index (χ1v) is 8.73. The highest BCUT2D eigenvalue weighted by Crippen LogP contribution is 2.37. The third kappa shape index (κ3) is 4.19. The second-order valence-electron chi connectivity index (χ2n) is 7.15. The molecule has 2 fully saturated rings. The summed E-state index contributed by atoms with van der Waals surface area (Å²) in [7, 11) is 2.19. The SMILES string of the molecule is CCC1CN(C)CCCN1CC1(C(=O)O)CCCCCC1. The average molecular weight is 296 g/mol. The highest BCUT2D eigenvalue weighted by Gasteiger charge is 2.41. The van der Waals surface area contributed by atoms with Crippen molar-refractivity contribution in [2.45, 2.75) is 64.3 Å². The lowest BCUT2D eigenvalue weighted by atomic mass is 9.79. The molecule has 2 aliphatic rings. The fourth-order valence-electron chi connectivity index (χ4n) is 4.12. The largest absolute Gasteiger partial charge is 0.481 e. The molecule has 0 bridgehead atoms. The van der Waals surface area contributed by atoms with Crippen molar-refractivity contribution in [3.05, 3.63) is 0 Å². The number of hydrogen-bond acceptors (Lipinski definition) is 3. The molecule has 0 aromatic carbocycles. The first-order chi connectivity index (χ1) is 10.1. The van der Waals surface area contributed by atoms with Gasteiger partial charge in [-0.25, -0.2) is 0 Å². The molecule has 0 aromatic heterocycles. The normalized spacial score (nSPS) is 28.8. The van der Waals surface area contributed by atoms with Gasteiger partial charge in [-0.15, -0.1) is 0 Å². The summed E-state index contributed by atoms with van der Waals surface area (Å²) in [5.74, 6) is -0.558. The maximum atomic E-state index is 12.0. The van der Waals surface area contributed by atoms with Gasteiger partial charge in [0.15, 0.2) is 0 Å². The lowest BCUT2D eigenvalue weighted by molar-refractivity contribution is -0.151. The quantitative estimate of drug-likeness (QED) is 0.810. The van der Waals surface area contributed by atoms with Crippen molar-refractivity contribution >= 4 is 5.97 Å². The van der Waals surface area contributed by atoms with Gasteiger partial charge in [-0.2, -0.15) is 0 Å². The van der Waals surface area contributed by atoms with Crippen LogP contribution < -0.4 is 0 Å². The Bertz CT molecular complexity index is 338. The van der Waals surface area contributed by atoms with Gasteiger partial charge in [-0.05, 0) is 45.8 Å². The number of nitrogens with zero attached hydrogens (tertiary/aromatic N) is 2. The predicted octanol–water partition coefficient (Wildman–Crippen LogP) is 2.83. The predicted molar refractivity (Wildman–Crippen MR) is 85.5 cm³/mol. The van der Waals surface area contributed by atoms with E-state index in [1.807, 2.05) is 0 Å². The molecule has 0 amide bonds. The Kier molecular flexibility index (Phi) is 6.06. The van der Waals surface area contributed by atoms with Gasteiger partial charge < -0.3 is 10.0 Å². The summed E-state index contributed by atoms with van der Waals surface area (Å²) < 4.78 is 0. The molecule has 122 valence electrons. The second kappa shape index (κ2) is 7.59. The summed E-state index contributed by atoms with van der Waals surface area (Å²) in [5.41, 5.74) is -0.493. The smallest absolute Gasteiger partial charge is 0.310 e. The molecule has 1 unspecified atom stereocenters. The fraction of sp³-hybridized carbons (Fsp3) is 0.941. The summed E-state index contributed by atoms with van der Waals surface area (Å²) >= 11 is 0. The molecule has 4 nitrogen and oxygen atoms in total. The minimum atomic E-state index is -0.558. The lowest BCUT2D eigenvalue weighted by Gasteiger charge is -2.38. The third-order valence-electron chi connectivity index (χ3n) is 5.52. The van der Waals surface area contributed by atoms with E-state index in [1.54, 1.807) is 0 Å². The molecular formula is C17H32N2O2. The molecule has 1 heterocycles. The topological polar surface area (TPSA) is 43.8 Å². The molecular weight excluding hydrogens is 264 g/mol. The molecule has 0 radical (unpaired) electrons. The highest BCUT2D eigenvalue weighted by molar-refractivity contribution is 5.75. The van der Waals surface area contributed by atoms with Crippen molar-refractivity contribution in [2.75, 3.05) is 33.2 Å². The van der Waals surface area contributed by atoms with Crippen molar-refractivity contribution in [1.29, 1.82) is 0 Å². The standard InChI is InChI=1S/C17H32N2O2/c1-3-15-13-18(2)11-8-12-19(15)14-17(16(20)21)9-6-4-5-7-10-17/h15H,3-14H2,1-2H3,(H,20,21). The van der Waals surface area contributed by atoms with Gasteiger partial charge in [-0.3, -0.25) is 9.69 Å². The highest BCUT2D eigenvalue weighted by atomic mass is 16.4. The molecule has 2 rings (SSSR count). The zero-order chi connectivity index (χ0) is 15.3. The molecule has 1 saturated carbocycles. The van der Waals surface area contributed by atoms with E-state index in [2.05, 4.69) is 23.8 Å². The van der Waals surface area contributed by atoms with Gasteiger partial charge in [0.05, 0.1) is 5.41 Å². The summed E-state index contributed by atoms with van der Waals surface area (Å²) in [4.78, 5) is 16.9. The van der Waals surface area contributed by atoms with E-state index >= 15 is 0 Å². The third-order valence-corrected chi connectivity index (χ3v) is 5.52. The minimum Gasteiger partial charge on any atom is -0.481 e. The van der Waals surface area contributed by atoms with Crippen LogP contribution in [0.5, 0.6) is 0 Å². The number of aliphatic carboxylic acids is 1. The number of carboxylic acids is 1. The van der Waals surface area contributed by atoms with Crippen LogP contribution in [0.2, 0.25) is 0 Å². The minimum absolute atomic E-state index is 0.493. The number of carbonyl (C=O) groups is 1. The monoisotopic (exact) mass is 296 g/mol. The Labute approximate surface area is 129 Å². The van der Waals surface area contributed by atoms with Crippen molar-refractivity contribution in [3.63, 3.8) is 0 Å². The van der Waals surface area contributed by atoms with E-state index in [9.17, 15) is 9.90 Å². The van der Waals surface area contributed by atoms with Gasteiger partial charge in [0, 0.05) is 19.1 Å². The van der Waals surface area contributed by atoms with Crippen molar-refractivity contribution in [1.82, 2.24) is 9.80 Å². The molecule has 4 heteroatoms. The summed E-state index contributed by atoms with van der Waals surface area (Å²) in [6.07, 6.45) is 8.57. The second-order valence-corrected chi connectivity index (χ2v) is 7.15. The van der Waals surface area contributed by atoms with Gasteiger partial charge in [0.1, 0.15) is 0 Å². The Morgan fingerprint density at radius 2 is 1.81 bits per heavy atom. The zero-order valence-electron chi connectivity index (χ0n) is 13.8. The van der Waals surface area contributed by atoms with Gasteiger partial charge in [0.25, 0.3) is 0 Å². The maximum Gasteiger partial charge on any atom is 0.310 e. The molecule has 1 N–H and O–H groups in total. The Morgan fingerprint density at radius 1 is 1.14 bits per heavy atom. The van der Waals surface area contributed by atoms with E-state index in [1.165, 1.54) is 12.8 Å². The molecule has 0 aromatic rings. The van der Waals surface area contributed by atoms with Crippen LogP contribution in [0.4, 0.5) is 0 Å². The zero-order valence-corrected chi connectivity index (χ0v) is 13.8. The van der Waals surface area contributed by atoms with Crippen LogP contribution in [0.1, 0.15) is 58.3 Å². The lowest BCUT2D eigenvalue weighted by Crippen LogP contribution is -2.48. The first-order valence-electron chi connectivity index (χ1n) is 8.73. The van der Waals surface area contributed by atoms with Crippen molar-refractivity contribution in [3.8, 4) is 0 Å². The molecule has 1 saturated heterocycles. The van der Waals surface area contributed by atoms with Crippen LogP contribution in [0.15, 0.2) is 0 Å².